The van der Waals surface area contributed by atoms with E-state index in [2.05, 4.69) is 6.92 Å². The molecule has 4 nitrogen and oxygen atoms in total. The molecule has 0 N–H and O–H groups in total. The first kappa shape index (κ1) is 16.7. The maximum atomic E-state index is 12.0. The van der Waals surface area contributed by atoms with Gasteiger partial charge in [0.25, 0.3) is 0 Å². The SMILES string of the molecule is CCCCCOC1SC(C)(C(=O)CCC)OC1C=O. The van der Waals surface area contributed by atoms with Crippen LogP contribution in [0.1, 0.15) is 52.9 Å². The second-order valence-corrected chi connectivity index (χ2v) is 6.38. The lowest BCUT2D eigenvalue weighted by atomic mass is 10.1. The minimum Gasteiger partial charge on any atom is -0.364 e. The lowest BCUT2D eigenvalue weighted by Crippen LogP contribution is -2.33. The second kappa shape index (κ2) is 8.02. The average Bonchev–Trinajstić information content (AvgIpc) is 2.73. The van der Waals surface area contributed by atoms with Gasteiger partial charge in [-0.05, 0) is 19.8 Å². The van der Waals surface area contributed by atoms with E-state index in [0.717, 1.165) is 32.0 Å². The highest BCUT2D eigenvalue weighted by molar-refractivity contribution is 8.02. The van der Waals surface area contributed by atoms with Gasteiger partial charge in [-0.2, -0.15) is 0 Å². The fourth-order valence-corrected chi connectivity index (χ4v) is 3.25. The van der Waals surface area contributed by atoms with E-state index >= 15 is 0 Å². The predicted octanol–water partition coefficient (Wildman–Crippen LogP) is 2.94. The van der Waals surface area contributed by atoms with Crippen molar-refractivity contribution in [3.8, 4) is 0 Å². The van der Waals surface area contributed by atoms with Crippen molar-refractivity contribution in [2.75, 3.05) is 6.61 Å². The minimum atomic E-state index is -0.934. The summed E-state index contributed by atoms with van der Waals surface area (Å²) in [5, 5.41) is 0. The number of ketones is 1. The molecule has 1 aliphatic rings. The van der Waals surface area contributed by atoms with Crippen LogP contribution >= 0.6 is 11.8 Å². The number of thioether (sulfide) groups is 1. The molecule has 3 atom stereocenters. The Hall–Kier alpha value is -0.390. The summed E-state index contributed by atoms with van der Waals surface area (Å²) in [6, 6.07) is 0. The van der Waals surface area contributed by atoms with Gasteiger partial charge in [-0.1, -0.05) is 38.5 Å². The standard InChI is InChI=1S/C14H24O4S/c1-4-6-7-9-17-13-11(10-15)18-14(3,19-13)12(16)8-5-2/h10-11,13H,4-9H2,1-3H3. The molecule has 0 amide bonds. The molecule has 19 heavy (non-hydrogen) atoms. The van der Waals surface area contributed by atoms with Crippen molar-refractivity contribution in [2.24, 2.45) is 0 Å². The molecule has 0 aromatic heterocycles. The van der Waals surface area contributed by atoms with Crippen LogP contribution in [0.3, 0.4) is 0 Å². The highest BCUT2D eigenvalue weighted by Gasteiger charge is 2.48. The zero-order chi connectivity index (χ0) is 14.3. The molecule has 1 aliphatic heterocycles. The van der Waals surface area contributed by atoms with Crippen LogP contribution < -0.4 is 0 Å². The summed E-state index contributed by atoms with van der Waals surface area (Å²) in [4.78, 5) is 22.1. The molecular weight excluding hydrogens is 264 g/mol. The zero-order valence-corrected chi connectivity index (χ0v) is 12.8. The largest absolute Gasteiger partial charge is 0.364 e. The molecule has 1 fully saturated rings. The third-order valence-corrected chi connectivity index (χ3v) is 4.53. The Morgan fingerprint density at radius 3 is 2.68 bits per heavy atom. The van der Waals surface area contributed by atoms with Gasteiger partial charge < -0.3 is 14.3 Å². The number of carbonyl (C=O) groups excluding carboxylic acids is 2. The van der Waals surface area contributed by atoms with Crippen LogP contribution in [0.4, 0.5) is 0 Å². The Morgan fingerprint density at radius 2 is 2.11 bits per heavy atom. The van der Waals surface area contributed by atoms with E-state index in [1.807, 2.05) is 6.92 Å². The van der Waals surface area contributed by atoms with Crippen molar-refractivity contribution in [3.63, 3.8) is 0 Å². The number of ether oxygens (including phenoxy) is 2. The molecule has 1 saturated heterocycles. The molecule has 3 unspecified atom stereocenters. The topological polar surface area (TPSA) is 52.6 Å². The first-order valence-corrected chi connectivity index (χ1v) is 7.91. The third kappa shape index (κ3) is 4.58. The first-order valence-electron chi connectivity index (χ1n) is 7.03. The summed E-state index contributed by atoms with van der Waals surface area (Å²) in [6.07, 6.45) is 4.56. The van der Waals surface area contributed by atoms with Gasteiger partial charge in [0.1, 0.15) is 5.44 Å². The van der Waals surface area contributed by atoms with Crippen LogP contribution in [0, 0.1) is 0 Å². The first-order chi connectivity index (χ1) is 9.07. The highest BCUT2D eigenvalue weighted by atomic mass is 32.2. The Kier molecular flexibility index (Phi) is 7.04. The summed E-state index contributed by atoms with van der Waals surface area (Å²) < 4.78 is 11.3. The van der Waals surface area contributed by atoms with Crippen molar-refractivity contribution >= 4 is 23.8 Å². The molecule has 0 aromatic carbocycles. The summed E-state index contributed by atoms with van der Waals surface area (Å²) in [6.45, 7) is 6.43. The smallest absolute Gasteiger partial charge is 0.174 e. The Bertz CT molecular complexity index is 308. The Balaban J connectivity index is 2.53. The van der Waals surface area contributed by atoms with Gasteiger partial charge >= 0.3 is 0 Å². The van der Waals surface area contributed by atoms with Crippen LogP contribution in [-0.4, -0.2) is 35.1 Å². The number of unbranched alkanes of at least 4 members (excludes halogenated alkanes) is 2. The lowest BCUT2D eigenvalue weighted by Gasteiger charge is -2.20. The van der Waals surface area contributed by atoms with Gasteiger partial charge in [-0.3, -0.25) is 4.79 Å². The van der Waals surface area contributed by atoms with Crippen molar-refractivity contribution in [2.45, 2.75) is 69.3 Å². The molecule has 110 valence electrons. The minimum absolute atomic E-state index is 0.0338. The van der Waals surface area contributed by atoms with E-state index in [0.29, 0.717) is 13.0 Å². The van der Waals surface area contributed by atoms with Crippen molar-refractivity contribution < 1.29 is 19.1 Å². The summed E-state index contributed by atoms with van der Waals surface area (Å²) in [7, 11) is 0. The van der Waals surface area contributed by atoms with Gasteiger partial charge in [0.2, 0.25) is 0 Å². The predicted molar refractivity (Wildman–Crippen MR) is 76.1 cm³/mol. The van der Waals surface area contributed by atoms with Crippen LogP contribution in [0.25, 0.3) is 0 Å². The molecule has 5 heteroatoms. The van der Waals surface area contributed by atoms with E-state index in [1.165, 1.54) is 11.8 Å². The second-order valence-electron chi connectivity index (χ2n) is 4.90. The molecule has 0 saturated carbocycles. The van der Waals surface area contributed by atoms with E-state index in [-0.39, 0.29) is 11.2 Å². The molecule has 0 aliphatic carbocycles. The van der Waals surface area contributed by atoms with E-state index < -0.39 is 11.0 Å². The van der Waals surface area contributed by atoms with Crippen molar-refractivity contribution in [3.05, 3.63) is 0 Å². The molecule has 1 heterocycles. The number of carbonyl (C=O) groups is 2. The Morgan fingerprint density at radius 1 is 1.37 bits per heavy atom. The summed E-state index contributed by atoms with van der Waals surface area (Å²) in [5.41, 5.74) is -0.361. The molecule has 1 rings (SSSR count). The van der Waals surface area contributed by atoms with E-state index in [9.17, 15) is 9.59 Å². The highest BCUT2D eigenvalue weighted by Crippen LogP contribution is 2.43. The fourth-order valence-electron chi connectivity index (χ4n) is 1.99. The monoisotopic (exact) mass is 288 g/mol. The van der Waals surface area contributed by atoms with Gasteiger partial charge in [0.05, 0.1) is 0 Å². The number of hydrogen-bond acceptors (Lipinski definition) is 5. The van der Waals surface area contributed by atoms with Crippen LogP contribution in [0.5, 0.6) is 0 Å². The van der Waals surface area contributed by atoms with Gasteiger partial charge in [-0.25, -0.2) is 0 Å². The third-order valence-electron chi connectivity index (χ3n) is 3.12. The molecule has 0 radical (unpaired) electrons. The summed E-state index contributed by atoms with van der Waals surface area (Å²) >= 11 is 1.33. The zero-order valence-electron chi connectivity index (χ0n) is 12.0. The van der Waals surface area contributed by atoms with Gasteiger partial charge in [-0.15, -0.1) is 0 Å². The van der Waals surface area contributed by atoms with Gasteiger partial charge in [0.15, 0.2) is 23.1 Å². The fraction of sp³-hybridized carbons (Fsp3) is 0.857. The van der Waals surface area contributed by atoms with Crippen molar-refractivity contribution in [1.29, 1.82) is 0 Å². The number of rotatable bonds is 9. The van der Waals surface area contributed by atoms with Gasteiger partial charge in [0, 0.05) is 13.0 Å². The summed E-state index contributed by atoms with van der Waals surface area (Å²) in [5.74, 6) is 0.0338. The normalized spacial score (nSPS) is 30.5. The maximum absolute atomic E-state index is 12.0. The Labute approximate surface area is 119 Å². The van der Waals surface area contributed by atoms with E-state index in [1.54, 1.807) is 6.92 Å². The quantitative estimate of drug-likeness (QED) is 0.482. The number of aldehydes is 1. The van der Waals surface area contributed by atoms with Crippen LogP contribution in [-0.2, 0) is 19.1 Å². The molecule has 0 bridgehead atoms. The molecule has 0 spiro atoms. The van der Waals surface area contributed by atoms with Crippen LogP contribution in [0.15, 0.2) is 0 Å². The number of Topliss-reactive ketones (excluding diaryl/α,β-unsaturated/α-hetero) is 1. The van der Waals surface area contributed by atoms with Crippen LogP contribution in [0.2, 0.25) is 0 Å². The lowest BCUT2D eigenvalue weighted by molar-refractivity contribution is -0.141. The molecular formula is C14H24O4S. The maximum Gasteiger partial charge on any atom is 0.174 e. The average molecular weight is 288 g/mol. The molecule has 0 aromatic rings. The van der Waals surface area contributed by atoms with E-state index in [4.69, 9.17) is 9.47 Å². The van der Waals surface area contributed by atoms with Crippen molar-refractivity contribution in [1.82, 2.24) is 0 Å². The number of hydrogen-bond donors (Lipinski definition) is 0.